The first-order valence-electron chi connectivity index (χ1n) is 7.03. The van der Waals surface area contributed by atoms with E-state index in [9.17, 15) is 4.39 Å². The molecule has 3 nitrogen and oxygen atoms in total. The summed E-state index contributed by atoms with van der Waals surface area (Å²) < 4.78 is 18.6. The van der Waals surface area contributed by atoms with Crippen molar-refractivity contribution in [1.29, 1.82) is 0 Å². The van der Waals surface area contributed by atoms with Gasteiger partial charge in [-0.05, 0) is 44.4 Å². The van der Waals surface area contributed by atoms with Crippen LogP contribution in [0.2, 0.25) is 0 Å². The molecular formula is C15H22FNO2. The monoisotopic (exact) mass is 267 g/mol. The van der Waals surface area contributed by atoms with E-state index in [1.807, 2.05) is 0 Å². The van der Waals surface area contributed by atoms with Crippen molar-refractivity contribution in [2.45, 2.75) is 31.7 Å². The number of hydrogen-bond donors (Lipinski definition) is 1. The maximum atomic E-state index is 13.0. The van der Waals surface area contributed by atoms with E-state index in [0.717, 1.165) is 25.9 Å². The molecule has 1 fully saturated rings. The number of aliphatic hydroxyl groups excluding tert-OH is 1. The van der Waals surface area contributed by atoms with Crippen LogP contribution in [0.3, 0.4) is 0 Å². The van der Waals surface area contributed by atoms with Crippen LogP contribution in [0, 0.1) is 5.82 Å². The van der Waals surface area contributed by atoms with E-state index in [0.29, 0.717) is 18.4 Å². The van der Waals surface area contributed by atoms with Gasteiger partial charge in [-0.2, -0.15) is 0 Å². The van der Waals surface area contributed by atoms with Gasteiger partial charge in [0.2, 0.25) is 0 Å². The molecule has 1 aromatic carbocycles. The third-order valence-corrected chi connectivity index (χ3v) is 3.64. The van der Waals surface area contributed by atoms with Crippen molar-refractivity contribution in [1.82, 2.24) is 4.90 Å². The quantitative estimate of drug-likeness (QED) is 0.823. The minimum Gasteiger partial charge on any atom is -0.492 e. The summed E-state index contributed by atoms with van der Waals surface area (Å²) in [7, 11) is 0. The Kier molecular flexibility index (Phi) is 5.61. The van der Waals surface area contributed by atoms with E-state index in [4.69, 9.17) is 9.84 Å². The lowest BCUT2D eigenvalue weighted by atomic mass is 10.1. The van der Waals surface area contributed by atoms with Crippen molar-refractivity contribution in [3.8, 4) is 5.75 Å². The standard InChI is InChI=1S/C15H22FNO2/c16-13-4-1-7-15(12-13)19-11-9-17-8-2-5-14(17)6-3-10-18/h1,4,7,12,14,18H,2-3,5-6,8-11H2. The van der Waals surface area contributed by atoms with Crippen molar-refractivity contribution >= 4 is 0 Å². The maximum absolute atomic E-state index is 13.0. The lowest BCUT2D eigenvalue weighted by Crippen LogP contribution is -2.33. The zero-order chi connectivity index (χ0) is 13.5. The molecule has 0 radical (unpaired) electrons. The fourth-order valence-electron chi connectivity index (χ4n) is 2.68. The SMILES string of the molecule is OCCCC1CCCN1CCOc1cccc(F)c1. The molecule has 0 saturated carbocycles. The van der Waals surface area contributed by atoms with Crippen molar-refractivity contribution in [2.75, 3.05) is 26.3 Å². The molecule has 1 aromatic rings. The summed E-state index contributed by atoms with van der Waals surface area (Å²) in [5.74, 6) is 0.325. The van der Waals surface area contributed by atoms with Crippen LogP contribution < -0.4 is 4.74 Å². The molecule has 4 heteroatoms. The van der Waals surface area contributed by atoms with Crippen LogP contribution >= 0.6 is 0 Å². The van der Waals surface area contributed by atoms with E-state index in [1.54, 1.807) is 12.1 Å². The number of aliphatic hydroxyl groups is 1. The molecule has 0 amide bonds. The van der Waals surface area contributed by atoms with Gasteiger partial charge in [0.25, 0.3) is 0 Å². The zero-order valence-electron chi connectivity index (χ0n) is 11.2. The molecule has 19 heavy (non-hydrogen) atoms. The number of likely N-dealkylation sites (tertiary alicyclic amines) is 1. The summed E-state index contributed by atoms with van der Waals surface area (Å²) in [6.07, 6.45) is 4.35. The van der Waals surface area contributed by atoms with Crippen molar-refractivity contribution < 1.29 is 14.2 Å². The van der Waals surface area contributed by atoms with E-state index >= 15 is 0 Å². The Bertz CT molecular complexity index is 386. The average molecular weight is 267 g/mol. The minimum atomic E-state index is -0.264. The second-order valence-electron chi connectivity index (χ2n) is 5.00. The van der Waals surface area contributed by atoms with Crippen molar-refractivity contribution in [3.63, 3.8) is 0 Å². The molecule has 1 N–H and O–H groups in total. The molecule has 1 saturated heterocycles. The Morgan fingerprint density at radius 3 is 3.11 bits per heavy atom. The first-order chi connectivity index (χ1) is 9.29. The van der Waals surface area contributed by atoms with Gasteiger partial charge in [0.15, 0.2) is 0 Å². The molecule has 106 valence electrons. The fraction of sp³-hybridized carbons (Fsp3) is 0.600. The predicted molar refractivity (Wildman–Crippen MR) is 72.8 cm³/mol. The number of hydrogen-bond acceptors (Lipinski definition) is 3. The minimum absolute atomic E-state index is 0.264. The summed E-state index contributed by atoms with van der Waals surface area (Å²) in [6, 6.07) is 6.83. The lowest BCUT2D eigenvalue weighted by Gasteiger charge is -2.24. The summed E-state index contributed by atoms with van der Waals surface area (Å²) in [6.45, 7) is 2.82. The van der Waals surface area contributed by atoms with Crippen LogP contribution in [-0.2, 0) is 0 Å². The Balaban J connectivity index is 1.72. The highest BCUT2D eigenvalue weighted by molar-refractivity contribution is 5.22. The molecule has 0 spiro atoms. The molecule has 1 unspecified atom stereocenters. The summed E-state index contributed by atoms with van der Waals surface area (Å²) in [4.78, 5) is 2.41. The zero-order valence-corrected chi connectivity index (χ0v) is 11.2. The van der Waals surface area contributed by atoms with Gasteiger partial charge in [-0.15, -0.1) is 0 Å². The molecule has 0 bridgehead atoms. The molecule has 1 aliphatic heterocycles. The Morgan fingerprint density at radius 2 is 2.32 bits per heavy atom. The van der Waals surface area contributed by atoms with E-state index in [2.05, 4.69) is 4.90 Å². The smallest absolute Gasteiger partial charge is 0.126 e. The lowest BCUT2D eigenvalue weighted by molar-refractivity contribution is 0.180. The Hall–Kier alpha value is -1.13. The number of halogens is 1. The Labute approximate surface area is 114 Å². The van der Waals surface area contributed by atoms with E-state index in [1.165, 1.54) is 25.0 Å². The van der Waals surface area contributed by atoms with Crippen LogP contribution in [0.5, 0.6) is 5.75 Å². The average Bonchev–Trinajstić information content (AvgIpc) is 2.84. The largest absolute Gasteiger partial charge is 0.492 e. The highest BCUT2D eigenvalue weighted by Gasteiger charge is 2.23. The molecule has 0 aliphatic carbocycles. The third-order valence-electron chi connectivity index (χ3n) is 3.64. The van der Waals surface area contributed by atoms with Gasteiger partial charge in [0.1, 0.15) is 18.2 Å². The fourth-order valence-corrected chi connectivity index (χ4v) is 2.68. The van der Waals surface area contributed by atoms with Gasteiger partial charge < -0.3 is 9.84 Å². The molecule has 0 aromatic heterocycles. The molecule has 1 atom stereocenters. The third kappa shape index (κ3) is 4.48. The molecule has 1 aliphatic rings. The normalized spacial score (nSPS) is 19.8. The number of nitrogens with zero attached hydrogens (tertiary/aromatic N) is 1. The first kappa shape index (κ1) is 14.3. The second kappa shape index (κ2) is 7.46. The van der Waals surface area contributed by atoms with E-state index in [-0.39, 0.29) is 12.4 Å². The van der Waals surface area contributed by atoms with Gasteiger partial charge in [-0.1, -0.05) is 6.07 Å². The first-order valence-corrected chi connectivity index (χ1v) is 7.03. The predicted octanol–water partition coefficient (Wildman–Crippen LogP) is 2.44. The van der Waals surface area contributed by atoms with Gasteiger partial charge in [-0.3, -0.25) is 4.90 Å². The number of ether oxygens (including phenoxy) is 1. The van der Waals surface area contributed by atoms with Gasteiger partial charge in [0.05, 0.1) is 0 Å². The maximum Gasteiger partial charge on any atom is 0.126 e. The molecular weight excluding hydrogens is 245 g/mol. The summed E-state index contributed by atoms with van der Waals surface area (Å²) in [5, 5.41) is 8.88. The van der Waals surface area contributed by atoms with Gasteiger partial charge >= 0.3 is 0 Å². The highest BCUT2D eigenvalue weighted by atomic mass is 19.1. The van der Waals surface area contributed by atoms with Crippen LogP contribution in [0.25, 0.3) is 0 Å². The second-order valence-corrected chi connectivity index (χ2v) is 5.00. The number of benzene rings is 1. The van der Waals surface area contributed by atoms with E-state index < -0.39 is 0 Å². The van der Waals surface area contributed by atoms with Crippen molar-refractivity contribution in [2.24, 2.45) is 0 Å². The van der Waals surface area contributed by atoms with Gasteiger partial charge in [-0.25, -0.2) is 4.39 Å². The van der Waals surface area contributed by atoms with Crippen LogP contribution in [-0.4, -0.2) is 42.4 Å². The number of rotatable bonds is 7. The Morgan fingerprint density at radius 1 is 1.42 bits per heavy atom. The van der Waals surface area contributed by atoms with Gasteiger partial charge in [0, 0.05) is 25.3 Å². The topological polar surface area (TPSA) is 32.7 Å². The molecule has 1 heterocycles. The summed E-state index contributed by atoms with van der Waals surface area (Å²) >= 11 is 0. The van der Waals surface area contributed by atoms with Crippen LogP contribution in [0.4, 0.5) is 4.39 Å². The molecule has 2 rings (SSSR count). The van der Waals surface area contributed by atoms with Crippen molar-refractivity contribution in [3.05, 3.63) is 30.1 Å². The highest BCUT2D eigenvalue weighted by Crippen LogP contribution is 2.21. The van der Waals surface area contributed by atoms with Crippen LogP contribution in [0.1, 0.15) is 25.7 Å². The van der Waals surface area contributed by atoms with Crippen LogP contribution in [0.15, 0.2) is 24.3 Å². The summed E-state index contributed by atoms with van der Waals surface area (Å²) in [5.41, 5.74) is 0.